The Morgan fingerprint density at radius 2 is 0.649 bits per heavy atom. The molecule has 0 bridgehead atoms. The lowest BCUT2D eigenvalue weighted by atomic mass is 10.0. The molecular formula is C49H102N4O4. The van der Waals surface area contributed by atoms with Crippen LogP contribution >= 0.6 is 0 Å². The summed E-state index contributed by atoms with van der Waals surface area (Å²) in [5.41, 5.74) is 0. The fourth-order valence-corrected chi connectivity index (χ4v) is 7.53. The van der Waals surface area contributed by atoms with Gasteiger partial charge < -0.3 is 25.7 Å². The molecule has 8 nitrogen and oxygen atoms in total. The van der Waals surface area contributed by atoms with Crippen molar-refractivity contribution in [1.82, 2.24) is 20.4 Å². The number of rotatable bonds is 45. The molecule has 0 radical (unpaired) electrons. The van der Waals surface area contributed by atoms with Gasteiger partial charge in [0, 0.05) is 45.6 Å². The molecule has 8 heteroatoms. The van der Waals surface area contributed by atoms with Crippen molar-refractivity contribution in [2.24, 2.45) is 0 Å². The number of carbonyl (C=O) groups is 2. The zero-order chi connectivity index (χ0) is 42.1. The molecule has 0 heterocycles. The number of unbranched alkanes of at least 4 members (excludes halogenated alkanes) is 28. The van der Waals surface area contributed by atoms with Crippen molar-refractivity contribution < 1.29 is 19.8 Å². The third-order valence-electron chi connectivity index (χ3n) is 11.5. The van der Waals surface area contributed by atoms with Gasteiger partial charge in [-0.05, 0) is 38.9 Å². The topological polar surface area (TPSA) is 105 Å². The van der Waals surface area contributed by atoms with E-state index in [0.717, 1.165) is 51.9 Å². The average molecular weight is 811 g/mol. The van der Waals surface area contributed by atoms with Crippen LogP contribution in [0.5, 0.6) is 0 Å². The van der Waals surface area contributed by atoms with E-state index in [4.69, 9.17) is 10.2 Å². The number of carbonyl (C=O) groups excluding carboxylic acids is 2. The van der Waals surface area contributed by atoms with Crippen LogP contribution < -0.4 is 10.6 Å². The monoisotopic (exact) mass is 811 g/mol. The Bertz CT molecular complexity index is 776. The van der Waals surface area contributed by atoms with Gasteiger partial charge in [-0.15, -0.1) is 0 Å². The van der Waals surface area contributed by atoms with Crippen molar-refractivity contribution >= 4 is 11.8 Å². The van der Waals surface area contributed by atoms with Crippen molar-refractivity contribution in [3.05, 3.63) is 0 Å². The third kappa shape index (κ3) is 49.0. The van der Waals surface area contributed by atoms with E-state index in [1.54, 1.807) is 0 Å². The molecule has 0 rings (SSSR count). The Balaban J connectivity index is 0. The SMILES string of the molecule is CCCCCCCCCCCCCCCCCC(=O)NCCCN(CC)CC.CCCCCCCCCCCCCCCCCC(=O)NCCN(CCO)CCO. The lowest BCUT2D eigenvalue weighted by Gasteiger charge is -2.20. The van der Waals surface area contributed by atoms with Gasteiger partial charge in [0.25, 0.3) is 0 Å². The van der Waals surface area contributed by atoms with Crippen LogP contribution in [0.1, 0.15) is 240 Å². The fourth-order valence-electron chi connectivity index (χ4n) is 7.53. The van der Waals surface area contributed by atoms with Crippen LogP contribution in [0.3, 0.4) is 0 Å². The first-order chi connectivity index (χ1) is 28.0. The summed E-state index contributed by atoms with van der Waals surface area (Å²) in [5, 5.41) is 23.9. The summed E-state index contributed by atoms with van der Waals surface area (Å²) in [7, 11) is 0. The number of hydrogen-bond donors (Lipinski definition) is 4. The second kappa shape index (κ2) is 50.9. The number of aliphatic hydroxyl groups excluding tert-OH is 2. The number of hydrogen-bond acceptors (Lipinski definition) is 6. The first-order valence-electron chi connectivity index (χ1n) is 25.2. The van der Waals surface area contributed by atoms with E-state index in [1.165, 1.54) is 173 Å². The smallest absolute Gasteiger partial charge is 0.220 e. The molecule has 0 aromatic carbocycles. The molecule has 0 aromatic heterocycles. The van der Waals surface area contributed by atoms with Crippen LogP contribution in [-0.4, -0.2) is 97.4 Å². The van der Waals surface area contributed by atoms with Crippen molar-refractivity contribution in [2.45, 2.75) is 240 Å². The van der Waals surface area contributed by atoms with Crippen LogP contribution in [0.2, 0.25) is 0 Å². The quantitative estimate of drug-likeness (QED) is 0.0457. The molecule has 0 saturated heterocycles. The maximum atomic E-state index is 11.8. The number of nitrogens with one attached hydrogen (secondary N) is 2. The van der Waals surface area contributed by atoms with Gasteiger partial charge >= 0.3 is 0 Å². The highest BCUT2D eigenvalue weighted by atomic mass is 16.3. The normalized spacial score (nSPS) is 11.3. The van der Waals surface area contributed by atoms with E-state index in [1.807, 2.05) is 4.90 Å². The predicted molar refractivity (Wildman–Crippen MR) is 248 cm³/mol. The van der Waals surface area contributed by atoms with Gasteiger partial charge in [-0.1, -0.05) is 207 Å². The standard InChI is InChI=1S/C25H52N2O.C24H50N2O3/c1-4-7-8-9-10-11-12-13-14-15-16-17-18-19-20-22-25(28)26-23-21-24-27(5-2)6-3;1-2-3-4-5-6-7-8-9-10-11-12-13-14-15-16-17-24(29)25-18-19-26(20-22-27)21-23-28/h4-24H2,1-3H3,(H,26,28);27-28H,2-23H2,1H3,(H,25,29). The summed E-state index contributed by atoms with van der Waals surface area (Å²) in [4.78, 5) is 28.0. The molecule has 0 saturated carbocycles. The number of nitrogens with zero attached hydrogens (tertiary/aromatic N) is 2. The molecule has 0 aliphatic heterocycles. The number of aliphatic hydroxyl groups is 2. The highest BCUT2D eigenvalue weighted by Crippen LogP contribution is 2.15. The second-order valence-corrected chi connectivity index (χ2v) is 16.8. The summed E-state index contributed by atoms with van der Waals surface area (Å²) >= 11 is 0. The third-order valence-corrected chi connectivity index (χ3v) is 11.5. The highest BCUT2D eigenvalue weighted by Gasteiger charge is 2.06. The lowest BCUT2D eigenvalue weighted by Crippen LogP contribution is -2.37. The molecule has 0 aromatic rings. The van der Waals surface area contributed by atoms with Crippen molar-refractivity contribution in [3.8, 4) is 0 Å². The predicted octanol–water partition coefficient (Wildman–Crippen LogP) is 11.7. The molecule has 2 amide bonds. The van der Waals surface area contributed by atoms with Crippen molar-refractivity contribution in [3.63, 3.8) is 0 Å². The van der Waals surface area contributed by atoms with Gasteiger partial charge in [-0.3, -0.25) is 14.5 Å². The first-order valence-corrected chi connectivity index (χ1v) is 25.2. The van der Waals surface area contributed by atoms with Crippen LogP contribution in [-0.2, 0) is 9.59 Å². The molecule has 57 heavy (non-hydrogen) atoms. The Morgan fingerprint density at radius 3 is 0.947 bits per heavy atom. The molecular weight excluding hydrogens is 709 g/mol. The Kier molecular flexibility index (Phi) is 51.7. The summed E-state index contributed by atoms with van der Waals surface area (Å²) in [6, 6.07) is 0. The van der Waals surface area contributed by atoms with E-state index < -0.39 is 0 Å². The molecule has 0 atom stereocenters. The van der Waals surface area contributed by atoms with Gasteiger partial charge in [-0.25, -0.2) is 0 Å². The van der Waals surface area contributed by atoms with Crippen LogP contribution in [0.25, 0.3) is 0 Å². The summed E-state index contributed by atoms with van der Waals surface area (Å²) < 4.78 is 0. The molecule has 0 fully saturated rings. The van der Waals surface area contributed by atoms with Gasteiger partial charge in [0.2, 0.25) is 11.8 Å². The Morgan fingerprint density at radius 1 is 0.351 bits per heavy atom. The Labute approximate surface area is 356 Å². The van der Waals surface area contributed by atoms with Crippen molar-refractivity contribution in [1.29, 1.82) is 0 Å². The van der Waals surface area contributed by atoms with Crippen LogP contribution in [0.4, 0.5) is 0 Å². The molecule has 0 unspecified atom stereocenters. The first kappa shape index (κ1) is 57.9. The minimum Gasteiger partial charge on any atom is -0.395 e. The lowest BCUT2D eigenvalue weighted by molar-refractivity contribution is -0.122. The average Bonchev–Trinajstić information content (AvgIpc) is 3.21. The maximum absolute atomic E-state index is 11.8. The van der Waals surface area contributed by atoms with E-state index in [9.17, 15) is 9.59 Å². The maximum Gasteiger partial charge on any atom is 0.220 e. The zero-order valence-electron chi connectivity index (χ0n) is 39.0. The summed E-state index contributed by atoms with van der Waals surface area (Å²) in [5.74, 6) is 0.363. The fraction of sp³-hybridized carbons (Fsp3) is 0.959. The minimum absolute atomic E-state index is 0.0765. The molecule has 0 aliphatic carbocycles. The van der Waals surface area contributed by atoms with E-state index in [2.05, 4.69) is 43.2 Å². The molecule has 342 valence electrons. The largest absolute Gasteiger partial charge is 0.395 e. The van der Waals surface area contributed by atoms with Crippen LogP contribution in [0, 0.1) is 0 Å². The van der Waals surface area contributed by atoms with Crippen molar-refractivity contribution in [2.75, 3.05) is 65.6 Å². The summed E-state index contributed by atoms with van der Waals surface area (Å²) in [6.45, 7) is 15.5. The van der Waals surface area contributed by atoms with Crippen LogP contribution in [0.15, 0.2) is 0 Å². The van der Waals surface area contributed by atoms with E-state index in [0.29, 0.717) is 39.0 Å². The Hall–Kier alpha value is -1.22. The van der Waals surface area contributed by atoms with E-state index in [-0.39, 0.29) is 25.0 Å². The molecule has 0 spiro atoms. The highest BCUT2D eigenvalue weighted by molar-refractivity contribution is 5.76. The van der Waals surface area contributed by atoms with E-state index >= 15 is 0 Å². The molecule has 4 N–H and O–H groups in total. The number of amides is 2. The van der Waals surface area contributed by atoms with Gasteiger partial charge in [0.1, 0.15) is 0 Å². The zero-order valence-corrected chi connectivity index (χ0v) is 39.0. The van der Waals surface area contributed by atoms with Gasteiger partial charge in [-0.2, -0.15) is 0 Å². The van der Waals surface area contributed by atoms with Gasteiger partial charge in [0.15, 0.2) is 0 Å². The summed E-state index contributed by atoms with van der Waals surface area (Å²) in [6.07, 6.45) is 43.0. The second-order valence-electron chi connectivity index (χ2n) is 16.8. The minimum atomic E-state index is 0.0765. The molecule has 0 aliphatic rings. The van der Waals surface area contributed by atoms with Gasteiger partial charge in [0.05, 0.1) is 13.2 Å².